The first-order valence-corrected chi connectivity index (χ1v) is 5.78. The van der Waals surface area contributed by atoms with Crippen molar-refractivity contribution in [1.82, 2.24) is 0 Å². The van der Waals surface area contributed by atoms with Gasteiger partial charge >= 0.3 is 0 Å². The van der Waals surface area contributed by atoms with Crippen LogP contribution >= 0.6 is 0 Å². The van der Waals surface area contributed by atoms with Gasteiger partial charge in [0, 0.05) is 0 Å². The summed E-state index contributed by atoms with van der Waals surface area (Å²) in [6, 6.07) is 8.35. The van der Waals surface area contributed by atoms with Crippen LogP contribution in [0.4, 0.5) is 0 Å². The van der Waals surface area contributed by atoms with E-state index in [0.717, 1.165) is 0 Å². The molecule has 19 heavy (non-hydrogen) atoms. The van der Waals surface area contributed by atoms with E-state index in [1.807, 2.05) is 6.07 Å². The number of carbonyl (C=O) groups excluding carboxylic acids is 1. The van der Waals surface area contributed by atoms with Gasteiger partial charge in [-0.1, -0.05) is 12.1 Å². The van der Waals surface area contributed by atoms with Crippen LogP contribution in [-0.4, -0.2) is 29.3 Å². The summed E-state index contributed by atoms with van der Waals surface area (Å²) >= 11 is 0. The van der Waals surface area contributed by atoms with Gasteiger partial charge in [-0.05, 0) is 17.7 Å². The Kier molecular flexibility index (Phi) is 5.79. The maximum atomic E-state index is 11.0. The summed E-state index contributed by atoms with van der Waals surface area (Å²) in [6.45, 7) is -0.226. The molecule has 0 fully saturated rings. The molecule has 1 rings (SSSR count). The standard InChI is InChI=1S/C13H16N2O4/c14-6-1-7-19-10-4-2-9(3-5-10)12(17)11(8-16)13(15)18/h2-5,11-12,16-17H,1,7-8H2,(H2,15,18). The molecule has 0 saturated heterocycles. The van der Waals surface area contributed by atoms with E-state index in [1.165, 1.54) is 0 Å². The first-order valence-electron chi connectivity index (χ1n) is 5.78. The summed E-state index contributed by atoms with van der Waals surface area (Å²) in [7, 11) is 0. The van der Waals surface area contributed by atoms with Crippen LogP contribution in [0.3, 0.4) is 0 Å². The lowest BCUT2D eigenvalue weighted by atomic mass is 9.96. The van der Waals surface area contributed by atoms with Crippen molar-refractivity contribution < 1.29 is 19.7 Å². The molecule has 0 radical (unpaired) electrons. The molecule has 0 aliphatic heterocycles. The predicted molar refractivity (Wildman–Crippen MR) is 66.9 cm³/mol. The molecule has 0 aliphatic rings. The summed E-state index contributed by atoms with van der Waals surface area (Å²) in [6.07, 6.45) is -0.866. The van der Waals surface area contributed by atoms with E-state index >= 15 is 0 Å². The van der Waals surface area contributed by atoms with E-state index in [-0.39, 0.29) is 0 Å². The molecule has 6 nitrogen and oxygen atoms in total. The third-order valence-electron chi connectivity index (χ3n) is 2.65. The summed E-state index contributed by atoms with van der Waals surface area (Å²) in [5.74, 6) is -1.24. The lowest BCUT2D eigenvalue weighted by Gasteiger charge is -2.18. The average Bonchev–Trinajstić information content (AvgIpc) is 2.40. The van der Waals surface area contributed by atoms with Gasteiger partial charge in [-0.25, -0.2) is 0 Å². The number of benzene rings is 1. The van der Waals surface area contributed by atoms with Gasteiger partial charge < -0.3 is 20.7 Å². The van der Waals surface area contributed by atoms with E-state index in [0.29, 0.717) is 24.3 Å². The van der Waals surface area contributed by atoms with Crippen LogP contribution in [0.15, 0.2) is 24.3 Å². The molecule has 0 aromatic heterocycles. The number of ether oxygens (including phenoxy) is 1. The molecule has 102 valence electrons. The van der Waals surface area contributed by atoms with Gasteiger partial charge in [0.25, 0.3) is 0 Å². The summed E-state index contributed by atoms with van der Waals surface area (Å²) in [5, 5.41) is 27.3. The second kappa shape index (κ2) is 7.36. The Morgan fingerprint density at radius 3 is 2.53 bits per heavy atom. The maximum absolute atomic E-state index is 11.0. The second-order valence-corrected chi connectivity index (χ2v) is 3.96. The van der Waals surface area contributed by atoms with Crippen LogP contribution in [-0.2, 0) is 4.79 Å². The predicted octanol–water partition coefficient (Wildman–Crippen LogP) is 0.106. The Hall–Kier alpha value is -2.10. The average molecular weight is 264 g/mol. The van der Waals surface area contributed by atoms with E-state index in [9.17, 15) is 9.90 Å². The monoisotopic (exact) mass is 264 g/mol. The molecule has 1 aromatic carbocycles. The zero-order valence-corrected chi connectivity index (χ0v) is 10.3. The Morgan fingerprint density at radius 2 is 2.05 bits per heavy atom. The first kappa shape index (κ1) is 15.0. The maximum Gasteiger partial charge on any atom is 0.225 e. The van der Waals surface area contributed by atoms with E-state index in [4.69, 9.17) is 20.8 Å². The Labute approximate surface area is 111 Å². The molecule has 2 atom stereocenters. The zero-order valence-electron chi connectivity index (χ0n) is 10.3. The largest absolute Gasteiger partial charge is 0.493 e. The lowest BCUT2D eigenvalue weighted by Crippen LogP contribution is -2.31. The van der Waals surface area contributed by atoms with Crippen LogP contribution in [0.5, 0.6) is 5.75 Å². The number of carbonyl (C=O) groups is 1. The first-order chi connectivity index (χ1) is 9.10. The molecule has 0 saturated carbocycles. The fraction of sp³-hybridized carbons (Fsp3) is 0.385. The number of nitriles is 1. The van der Waals surface area contributed by atoms with E-state index in [1.54, 1.807) is 24.3 Å². The number of nitrogens with zero attached hydrogens (tertiary/aromatic N) is 1. The molecular weight excluding hydrogens is 248 g/mol. The smallest absolute Gasteiger partial charge is 0.225 e. The molecule has 1 aromatic rings. The Morgan fingerprint density at radius 1 is 1.42 bits per heavy atom. The number of hydrogen-bond acceptors (Lipinski definition) is 5. The van der Waals surface area contributed by atoms with Gasteiger partial charge in [0.2, 0.25) is 5.91 Å². The number of rotatable bonds is 7. The summed E-state index contributed by atoms with van der Waals surface area (Å²) in [5.41, 5.74) is 5.55. The van der Waals surface area contributed by atoms with E-state index < -0.39 is 24.5 Å². The summed E-state index contributed by atoms with van der Waals surface area (Å²) < 4.78 is 5.27. The number of hydrogen-bond donors (Lipinski definition) is 3. The zero-order chi connectivity index (χ0) is 14.3. The highest BCUT2D eigenvalue weighted by atomic mass is 16.5. The highest BCUT2D eigenvalue weighted by molar-refractivity contribution is 5.77. The SMILES string of the molecule is N#CCCOc1ccc(C(O)C(CO)C(N)=O)cc1. The molecule has 0 bridgehead atoms. The van der Waals surface area contributed by atoms with E-state index in [2.05, 4.69) is 0 Å². The van der Waals surface area contributed by atoms with Crippen LogP contribution in [0.2, 0.25) is 0 Å². The number of aliphatic hydroxyl groups is 2. The fourth-order valence-corrected chi connectivity index (χ4v) is 1.55. The van der Waals surface area contributed by atoms with Crippen molar-refractivity contribution in [2.24, 2.45) is 11.7 Å². The summed E-state index contributed by atoms with van der Waals surface area (Å²) in [4.78, 5) is 11.0. The van der Waals surface area contributed by atoms with Crippen molar-refractivity contribution in [3.05, 3.63) is 29.8 Å². The van der Waals surface area contributed by atoms with Crippen molar-refractivity contribution in [3.8, 4) is 11.8 Å². The minimum absolute atomic E-state index is 0.290. The van der Waals surface area contributed by atoms with Gasteiger partial charge in [0.1, 0.15) is 12.4 Å². The molecule has 0 aliphatic carbocycles. The topological polar surface area (TPSA) is 117 Å². The van der Waals surface area contributed by atoms with Crippen LogP contribution in [0, 0.1) is 17.2 Å². The van der Waals surface area contributed by atoms with Gasteiger partial charge in [0.05, 0.1) is 31.1 Å². The van der Waals surface area contributed by atoms with Crippen molar-refractivity contribution in [1.29, 1.82) is 5.26 Å². The quantitative estimate of drug-likeness (QED) is 0.604. The molecule has 0 spiro atoms. The normalized spacial score (nSPS) is 13.3. The number of nitrogens with two attached hydrogens (primary N) is 1. The Balaban J connectivity index is 2.70. The van der Waals surface area contributed by atoms with Gasteiger partial charge in [0.15, 0.2) is 0 Å². The van der Waals surface area contributed by atoms with Gasteiger partial charge in [-0.15, -0.1) is 0 Å². The van der Waals surface area contributed by atoms with Crippen LogP contribution in [0.25, 0.3) is 0 Å². The number of aliphatic hydroxyl groups excluding tert-OH is 2. The minimum Gasteiger partial charge on any atom is -0.493 e. The molecule has 1 amide bonds. The molecular formula is C13H16N2O4. The van der Waals surface area contributed by atoms with Crippen molar-refractivity contribution in [2.45, 2.75) is 12.5 Å². The molecule has 6 heteroatoms. The fourth-order valence-electron chi connectivity index (χ4n) is 1.55. The van der Waals surface area contributed by atoms with Crippen LogP contribution in [0.1, 0.15) is 18.1 Å². The van der Waals surface area contributed by atoms with Gasteiger partial charge in [-0.2, -0.15) is 5.26 Å². The molecule has 0 heterocycles. The molecule has 2 unspecified atom stereocenters. The third kappa shape index (κ3) is 4.25. The third-order valence-corrected chi connectivity index (χ3v) is 2.65. The van der Waals surface area contributed by atoms with Gasteiger partial charge in [-0.3, -0.25) is 4.79 Å². The van der Waals surface area contributed by atoms with Crippen molar-refractivity contribution in [2.75, 3.05) is 13.2 Å². The lowest BCUT2D eigenvalue weighted by molar-refractivity contribution is -0.127. The van der Waals surface area contributed by atoms with Crippen molar-refractivity contribution in [3.63, 3.8) is 0 Å². The Bertz CT molecular complexity index is 453. The minimum atomic E-state index is -1.16. The van der Waals surface area contributed by atoms with Crippen LogP contribution < -0.4 is 10.5 Å². The highest BCUT2D eigenvalue weighted by Crippen LogP contribution is 2.23. The number of amides is 1. The number of primary amides is 1. The molecule has 4 N–H and O–H groups in total. The van der Waals surface area contributed by atoms with Crippen molar-refractivity contribution >= 4 is 5.91 Å². The second-order valence-electron chi connectivity index (χ2n) is 3.96. The highest BCUT2D eigenvalue weighted by Gasteiger charge is 2.25.